The molecule has 2 atom stereocenters. The van der Waals surface area contributed by atoms with Crippen molar-refractivity contribution >= 4 is 40.7 Å². The molecule has 0 aliphatic carbocycles. The van der Waals surface area contributed by atoms with Crippen molar-refractivity contribution in [2.24, 2.45) is 0 Å². The van der Waals surface area contributed by atoms with E-state index in [0.717, 1.165) is 11.1 Å². The minimum Gasteiger partial charge on any atom is -0.377 e. The topological polar surface area (TPSA) is 99.7 Å². The third kappa shape index (κ3) is 4.40. The lowest BCUT2D eigenvalue weighted by Crippen LogP contribution is -2.59. The molecule has 1 fully saturated rings. The van der Waals surface area contributed by atoms with Gasteiger partial charge in [-0.2, -0.15) is 0 Å². The number of carbonyl (C=O) groups excluding carboxylic acids is 2. The number of carbonyl (C=O) groups is 2. The zero-order chi connectivity index (χ0) is 24.5. The van der Waals surface area contributed by atoms with Crippen molar-refractivity contribution in [1.82, 2.24) is 15.3 Å². The second-order valence-corrected chi connectivity index (χ2v) is 8.84. The van der Waals surface area contributed by atoms with E-state index in [4.69, 9.17) is 21.3 Å². The number of hydrogen-bond acceptors (Lipinski definition) is 6. The summed E-state index contributed by atoms with van der Waals surface area (Å²) < 4.78 is 5.65. The summed E-state index contributed by atoms with van der Waals surface area (Å²) in [6.45, 7) is 3.38. The van der Waals surface area contributed by atoms with Crippen LogP contribution in [-0.2, 0) is 9.53 Å². The van der Waals surface area contributed by atoms with Crippen molar-refractivity contribution in [2.75, 3.05) is 41.9 Å². The van der Waals surface area contributed by atoms with E-state index < -0.39 is 6.04 Å². The zero-order valence-electron chi connectivity index (χ0n) is 19.4. The fourth-order valence-corrected chi connectivity index (χ4v) is 4.54. The molecular formula is C25H25ClN6O3. The summed E-state index contributed by atoms with van der Waals surface area (Å²) in [7, 11) is 1.56. The van der Waals surface area contributed by atoms with Gasteiger partial charge in [-0.3, -0.25) is 9.69 Å². The van der Waals surface area contributed by atoms with Crippen LogP contribution in [0.5, 0.6) is 0 Å². The molecule has 0 saturated carbocycles. The molecule has 3 aromatic rings. The quantitative estimate of drug-likeness (QED) is 0.573. The fourth-order valence-electron chi connectivity index (χ4n) is 4.41. The van der Waals surface area contributed by atoms with Gasteiger partial charge >= 0.3 is 6.03 Å². The Morgan fingerprint density at radius 3 is 2.63 bits per heavy atom. The average Bonchev–Trinajstić information content (AvgIpc) is 2.89. The summed E-state index contributed by atoms with van der Waals surface area (Å²) >= 11 is 6.07. The standard InChI is InChI=1S/C25H25ClN6O3/c1-15(16-3-7-18(26)8-4-16)32-20-13-28-22(17-5-9-19(10-6-17)29-25(34)27-2)30-23(20)31-11-12-35-14-21(31)24(32)33/h3-10,13,15,21H,11-12,14H2,1-2H3,(H2,27,29,34). The number of nitrogens with one attached hydrogen (secondary N) is 2. The van der Waals surface area contributed by atoms with E-state index in [-0.39, 0.29) is 18.0 Å². The summed E-state index contributed by atoms with van der Waals surface area (Å²) in [4.78, 5) is 38.4. The van der Waals surface area contributed by atoms with Gasteiger partial charge in [0.15, 0.2) is 11.6 Å². The third-order valence-corrected chi connectivity index (χ3v) is 6.55. The number of fused-ring (bicyclic) bond motifs is 3. The minimum atomic E-state index is -0.451. The first-order valence-corrected chi connectivity index (χ1v) is 11.7. The van der Waals surface area contributed by atoms with E-state index in [0.29, 0.717) is 47.8 Å². The molecule has 0 bridgehead atoms. The molecule has 1 aromatic heterocycles. The Hall–Kier alpha value is -3.69. The Bertz CT molecular complexity index is 1250. The Kier molecular flexibility index (Phi) is 6.27. The summed E-state index contributed by atoms with van der Waals surface area (Å²) in [5, 5.41) is 5.90. The molecule has 0 spiro atoms. The van der Waals surface area contributed by atoms with Crippen molar-refractivity contribution in [1.29, 1.82) is 0 Å². The predicted octanol–water partition coefficient (Wildman–Crippen LogP) is 3.86. The van der Waals surface area contributed by atoms with E-state index in [1.807, 2.05) is 48.2 Å². The molecule has 5 rings (SSSR count). The number of rotatable bonds is 4. The molecule has 3 heterocycles. The molecule has 2 N–H and O–H groups in total. The summed E-state index contributed by atoms with van der Waals surface area (Å²) in [5.41, 5.74) is 3.08. The number of hydrogen-bond donors (Lipinski definition) is 2. The number of halogens is 1. The number of nitrogens with zero attached hydrogens (tertiary/aromatic N) is 4. The number of amides is 3. The fraction of sp³-hybridized carbons (Fsp3) is 0.280. The highest BCUT2D eigenvalue weighted by Crippen LogP contribution is 2.41. The lowest BCUT2D eigenvalue weighted by atomic mass is 10.0. The first-order valence-electron chi connectivity index (χ1n) is 11.4. The van der Waals surface area contributed by atoms with E-state index in [1.165, 1.54) is 0 Å². The van der Waals surface area contributed by atoms with Crippen molar-refractivity contribution in [3.8, 4) is 11.4 Å². The van der Waals surface area contributed by atoms with Crippen LogP contribution in [0.4, 0.5) is 22.0 Å². The monoisotopic (exact) mass is 492 g/mol. The number of anilines is 3. The van der Waals surface area contributed by atoms with Gasteiger partial charge in [0.2, 0.25) is 0 Å². The molecule has 3 amide bonds. The molecule has 9 nitrogen and oxygen atoms in total. The van der Waals surface area contributed by atoms with Crippen molar-refractivity contribution in [3.05, 3.63) is 65.3 Å². The molecule has 2 aromatic carbocycles. The summed E-state index contributed by atoms with van der Waals surface area (Å²) in [6.07, 6.45) is 1.71. The molecule has 10 heteroatoms. The first-order chi connectivity index (χ1) is 17.0. The molecule has 0 radical (unpaired) electrons. The molecule has 1 saturated heterocycles. The summed E-state index contributed by atoms with van der Waals surface area (Å²) in [6, 6.07) is 13.8. The van der Waals surface area contributed by atoms with Gasteiger partial charge < -0.3 is 20.3 Å². The number of aromatic nitrogens is 2. The van der Waals surface area contributed by atoms with Crippen LogP contribution < -0.4 is 20.4 Å². The van der Waals surface area contributed by atoms with Gasteiger partial charge in [0.1, 0.15) is 11.7 Å². The van der Waals surface area contributed by atoms with Gasteiger partial charge in [-0.05, 0) is 48.9 Å². The predicted molar refractivity (Wildman–Crippen MR) is 135 cm³/mol. The highest BCUT2D eigenvalue weighted by molar-refractivity contribution is 6.30. The Labute approximate surface area is 208 Å². The number of ether oxygens (including phenoxy) is 1. The smallest absolute Gasteiger partial charge is 0.318 e. The Morgan fingerprint density at radius 2 is 1.91 bits per heavy atom. The van der Waals surface area contributed by atoms with Crippen LogP contribution in [0.15, 0.2) is 54.7 Å². The Balaban J connectivity index is 1.53. The lowest BCUT2D eigenvalue weighted by molar-refractivity contribution is -0.123. The van der Waals surface area contributed by atoms with Crippen LogP contribution in [0, 0.1) is 0 Å². The molecule has 2 aliphatic heterocycles. The zero-order valence-corrected chi connectivity index (χ0v) is 20.1. The maximum absolute atomic E-state index is 13.6. The second-order valence-electron chi connectivity index (χ2n) is 8.40. The first kappa shape index (κ1) is 23.1. The van der Waals surface area contributed by atoms with Gasteiger partial charge in [0, 0.05) is 29.9 Å². The largest absolute Gasteiger partial charge is 0.377 e. The van der Waals surface area contributed by atoms with Crippen molar-refractivity contribution < 1.29 is 14.3 Å². The minimum absolute atomic E-state index is 0.0411. The van der Waals surface area contributed by atoms with Gasteiger partial charge in [0.25, 0.3) is 5.91 Å². The molecule has 2 unspecified atom stereocenters. The van der Waals surface area contributed by atoms with Crippen molar-refractivity contribution in [3.63, 3.8) is 0 Å². The average molecular weight is 493 g/mol. The number of morpholine rings is 1. The maximum atomic E-state index is 13.6. The Morgan fingerprint density at radius 1 is 1.17 bits per heavy atom. The van der Waals surface area contributed by atoms with Crippen LogP contribution in [0.25, 0.3) is 11.4 Å². The molecular weight excluding hydrogens is 468 g/mol. The van der Waals surface area contributed by atoms with Gasteiger partial charge in [-0.1, -0.05) is 23.7 Å². The summed E-state index contributed by atoms with van der Waals surface area (Å²) in [5.74, 6) is 1.20. The normalized spacial score (nSPS) is 17.9. The van der Waals surface area contributed by atoms with E-state index >= 15 is 0 Å². The second kappa shape index (κ2) is 9.52. The van der Waals surface area contributed by atoms with Gasteiger partial charge in [0.05, 0.1) is 25.5 Å². The van der Waals surface area contributed by atoms with E-state index in [1.54, 1.807) is 30.3 Å². The third-order valence-electron chi connectivity index (χ3n) is 6.30. The SMILES string of the molecule is CNC(=O)Nc1ccc(-c2ncc3c(n2)N2CCOCC2C(=O)N3C(C)c2ccc(Cl)cc2)cc1. The van der Waals surface area contributed by atoms with Crippen molar-refractivity contribution in [2.45, 2.75) is 19.0 Å². The highest BCUT2D eigenvalue weighted by Gasteiger charge is 2.43. The molecule has 180 valence electrons. The lowest BCUT2D eigenvalue weighted by Gasteiger charge is -2.45. The van der Waals surface area contributed by atoms with Gasteiger partial charge in [-0.25, -0.2) is 14.8 Å². The van der Waals surface area contributed by atoms with E-state index in [9.17, 15) is 9.59 Å². The van der Waals surface area contributed by atoms with Crippen LogP contribution in [0.2, 0.25) is 5.02 Å². The van der Waals surface area contributed by atoms with Gasteiger partial charge in [-0.15, -0.1) is 0 Å². The molecule has 35 heavy (non-hydrogen) atoms. The van der Waals surface area contributed by atoms with Crippen LogP contribution >= 0.6 is 11.6 Å². The molecule has 2 aliphatic rings. The highest BCUT2D eigenvalue weighted by atomic mass is 35.5. The van der Waals surface area contributed by atoms with Crippen LogP contribution in [0.3, 0.4) is 0 Å². The number of urea groups is 1. The van der Waals surface area contributed by atoms with E-state index in [2.05, 4.69) is 15.6 Å². The number of benzene rings is 2. The maximum Gasteiger partial charge on any atom is 0.318 e. The van der Waals surface area contributed by atoms with Crippen LogP contribution in [-0.4, -0.2) is 54.8 Å². The van der Waals surface area contributed by atoms with Crippen LogP contribution in [0.1, 0.15) is 18.5 Å².